The van der Waals surface area contributed by atoms with Gasteiger partial charge in [0.05, 0.1) is 6.42 Å². The summed E-state index contributed by atoms with van der Waals surface area (Å²) in [6, 6.07) is 12.5. The second kappa shape index (κ2) is 43.8. The molecule has 0 saturated heterocycles. The molecule has 0 radical (unpaired) electrons. The third-order valence-electron chi connectivity index (χ3n) is 20.2. The molecule has 41 heteroatoms. The van der Waals surface area contributed by atoms with E-state index >= 15 is 24.0 Å². The number of benzene rings is 9. The molecule has 9 rings (SSSR count). The van der Waals surface area contributed by atoms with Gasteiger partial charge in [-0.1, -0.05) is 107 Å². The van der Waals surface area contributed by atoms with E-state index in [9.17, 15) is 115 Å². The maximum atomic E-state index is 15.5. The minimum atomic E-state index is -2.27. The van der Waals surface area contributed by atoms with Gasteiger partial charge in [-0.2, -0.15) is 0 Å². The molecular formula is C90H95N13O28. The summed E-state index contributed by atoms with van der Waals surface area (Å²) >= 11 is 0. The van der Waals surface area contributed by atoms with Gasteiger partial charge in [0.15, 0.2) is 0 Å². The second-order valence-electron chi connectivity index (χ2n) is 31.0. The van der Waals surface area contributed by atoms with Crippen LogP contribution in [0.15, 0.2) is 200 Å². The second-order valence-corrected chi connectivity index (χ2v) is 31.0. The SMILES string of the molecule is CC(C)[C@H](NC(=O)[C@H](NC(=O)[C@@H](NC(=O)[C@H](NC(=O)[C@@H](NC(=O)[C@H](NC(=O)[C@@H](NC(=O)[C@H](NC(=O)[C@H](N)c1ccc(O)cc1)c1cc(O)cc(O)c1)C(C)C)c1cc(O)cc(O)c1)c1ccc(O)cc1)c1cc(O)cc(O)c1)c1ccc(O)cc1)c1cc(O)cc(O)c1)C(=O)N[C@H](C)C(=O)N[C@H](C(=O)N[C@@H](Cc1ccccc1)C(=O)N[C@@H](CC(=O)O)C(=O)O)c1ccc(O)cc1. The number of carboxylic acid groups (broad SMARTS) is 2. The average molecular weight is 1810 g/mol. The van der Waals surface area contributed by atoms with Crippen molar-refractivity contribution in [1.29, 1.82) is 0 Å². The molecule has 0 aromatic heterocycles. The Labute approximate surface area is 744 Å². The lowest BCUT2D eigenvalue weighted by molar-refractivity contribution is -0.147. The van der Waals surface area contributed by atoms with E-state index in [-0.39, 0.29) is 45.7 Å². The zero-order valence-electron chi connectivity index (χ0n) is 70.2. The van der Waals surface area contributed by atoms with Crippen molar-refractivity contribution in [2.75, 3.05) is 0 Å². The number of amides is 12. The van der Waals surface area contributed by atoms with Gasteiger partial charge in [0, 0.05) is 30.7 Å². The third kappa shape index (κ3) is 27.1. The number of hydrogen-bond acceptors (Lipinski definition) is 27. The molecule has 0 saturated carbocycles. The number of carboxylic acids is 2. The highest BCUT2D eigenvalue weighted by atomic mass is 16.4. The van der Waals surface area contributed by atoms with E-state index < -0.39 is 254 Å². The molecule has 0 aliphatic heterocycles. The molecule has 0 unspecified atom stereocenters. The molecule has 9 aromatic carbocycles. The molecule has 0 spiro atoms. The van der Waals surface area contributed by atoms with Crippen LogP contribution in [0.25, 0.3) is 0 Å². The summed E-state index contributed by atoms with van der Waals surface area (Å²) < 4.78 is 0. The van der Waals surface area contributed by atoms with Crippen LogP contribution in [-0.4, -0.2) is 185 Å². The van der Waals surface area contributed by atoms with Crippen LogP contribution in [0.5, 0.6) is 69.0 Å². The summed E-state index contributed by atoms with van der Waals surface area (Å²) in [5, 5.41) is 176. The Bertz CT molecular complexity index is 5650. The lowest BCUT2D eigenvalue weighted by Crippen LogP contribution is -2.57. The number of rotatable bonds is 39. The highest BCUT2D eigenvalue weighted by Crippen LogP contribution is 2.34. The number of aromatic hydroxyl groups is 12. The highest BCUT2D eigenvalue weighted by Gasteiger charge is 2.41. The van der Waals surface area contributed by atoms with E-state index in [0.717, 1.165) is 140 Å². The lowest BCUT2D eigenvalue weighted by Gasteiger charge is -2.30. The summed E-state index contributed by atoms with van der Waals surface area (Å²) in [5.41, 5.74) is 4.79. The number of phenolic OH excluding ortho intramolecular Hbond substituents is 12. The fourth-order valence-corrected chi connectivity index (χ4v) is 13.6. The van der Waals surface area contributed by atoms with Crippen LogP contribution in [0, 0.1) is 11.8 Å². The standard InChI is InChI=1S/C90H95N13O28/c1-41(2)69(81(121)92-43(5)78(118)97-71(46-13-21-54(105)22-14-46)83(123)93-65(27-44-9-7-6-8-10-44)79(119)94-66(90(130)131)40-67(116)117)95-87(127)75(50-30-59(110)37-60(111)31-50)102-84(124)72(47-15-23-55(106)24-16-47)100-89(129)77(52-34-63(114)39-64(115)35-52)103-85(125)73(48-17-25-56(107)26-18-48)99-88(128)76(51-32-61(112)38-62(113)33-51)101-82(122)70(42(3)4)96-86(126)74(49-28-57(108)36-58(109)29-49)98-80(120)68(91)45-11-19-53(104)20-12-45/h6-26,28-39,41-43,65-66,68-77,104-115H,27,40,91H2,1-5H3,(H,92,121)(H,93,123)(H,94,119)(H,95,127)(H,96,126)(H,97,118)(H,98,120)(H,99,128)(H,100,129)(H,101,122)(H,102,124)(H,103,125)(H,116,117)(H,130,131)/t43-,65+,66+,68-,69+,70+,71+,72+,73+,74-,75-,76-,77-/m1/s1. The van der Waals surface area contributed by atoms with Crippen LogP contribution in [0.2, 0.25) is 0 Å². The predicted octanol–water partition coefficient (Wildman–Crippen LogP) is 2.71. The molecule has 688 valence electrons. The Balaban J connectivity index is 0.995. The van der Waals surface area contributed by atoms with E-state index in [0.29, 0.717) is 5.56 Å². The predicted molar refractivity (Wildman–Crippen MR) is 460 cm³/mol. The van der Waals surface area contributed by atoms with Gasteiger partial charge in [0.1, 0.15) is 148 Å². The fourth-order valence-electron chi connectivity index (χ4n) is 13.6. The van der Waals surface area contributed by atoms with Gasteiger partial charge in [0.25, 0.3) is 0 Å². The summed E-state index contributed by atoms with van der Waals surface area (Å²) in [4.78, 5) is 201. The minimum Gasteiger partial charge on any atom is -0.508 e. The van der Waals surface area contributed by atoms with Crippen molar-refractivity contribution in [3.05, 3.63) is 250 Å². The van der Waals surface area contributed by atoms with E-state index in [4.69, 9.17) is 5.73 Å². The van der Waals surface area contributed by atoms with Crippen LogP contribution in [-0.2, 0) is 73.5 Å². The molecule has 0 aliphatic rings. The van der Waals surface area contributed by atoms with Crippen LogP contribution in [0.1, 0.15) is 139 Å². The molecule has 12 amide bonds. The number of nitrogens with one attached hydrogen (secondary N) is 12. The van der Waals surface area contributed by atoms with Gasteiger partial charge < -0.3 is 141 Å². The first-order valence-electron chi connectivity index (χ1n) is 40.0. The number of phenols is 12. The number of aliphatic carboxylic acids is 2. The van der Waals surface area contributed by atoms with Crippen molar-refractivity contribution < 1.29 is 139 Å². The van der Waals surface area contributed by atoms with E-state index in [1.807, 2.05) is 0 Å². The smallest absolute Gasteiger partial charge is 0.326 e. The Hall–Kier alpha value is -16.9. The minimum absolute atomic E-state index is 0.0283. The molecule has 28 N–H and O–H groups in total. The van der Waals surface area contributed by atoms with Gasteiger partial charge in [-0.05, 0) is 166 Å². The van der Waals surface area contributed by atoms with Crippen molar-refractivity contribution in [2.45, 2.75) is 126 Å². The maximum absolute atomic E-state index is 15.5. The first kappa shape index (κ1) is 97.9. The van der Waals surface area contributed by atoms with Crippen molar-refractivity contribution >= 4 is 82.8 Å². The first-order valence-corrected chi connectivity index (χ1v) is 40.0. The summed E-state index contributed by atoms with van der Waals surface area (Å²) in [7, 11) is 0. The number of carbonyl (C=O) groups excluding carboxylic acids is 12. The van der Waals surface area contributed by atoms with Crippen molar-refractivity contribution in [2.24, 2.45) is 17.6 Å². The summed E-state index contributed by atoms with van der Waals surface area (Å²) in [6.07, 6.45) is -1.37. The Kier molecular flexibility index (Phi) is 32.8. The van der Waals surface area contributed by atoms with Crippen LogP contribution in [0.3, 0.4) is 0 Å². The Morgan fingerprint density at radius 2 is 0.504 bits per heavy atom. The zero-order valence-corrected chi connectivity index (χ0v) is 70.2. The molecule has 0 fully saturated rings. The van der Waals surface area contributed by atoms with Crippen LogP contribution in [0.4, 0.5) is 0 Å². The number of hydrogen-bond donors (Lipinski definition) is 27. The molecule has 0 heterocycles. The first-order chi connectivity index (χ1) is 61.9. The molecule has 0 aliphatic carbocycles. The molecule has 9 aromatic rings. The van der Waals surface area contributed by atoms with Gasteiger partial charge >= 0.3 is 11.9 Å². The molecule has 0 bridgehead atoms. The van der Waals surface area contributed by atoms with Crippen molar-refractivity contribution in [3.8, 4) is 69.0 Å². The van der Waals surface area contributed by atoms with E-state index in [1.165, 1.54) is 64.1 Å². The fraction of sp³-hybridized carbons (Fsp3) is 0.244. The normalized spacial score (nSPS) is 14.1. The highest BCUT2D eigenvalue weighted by molar-refractivity contribution is 6.02. The maximum Gasteiger partial charge on any atom is 0.326 e. The van der Waals surface area contributed by atoms with E-state index in [1.54, 1.807) is 30.3 Å². The Morgan fingerprint density at radius 3 is 0.802 bits per heavy atom. The van der Waals surface area contributed by atoms with E-state index in [2.05, 4.69) is 63.8 Å². The summed E-state index contributed by atoms with van der Waals surface area (Å²) in [6.45, 7) is 6.90. The third-order valence-corrected chi connectivity index (χ3v) is 20.2. The summed E-state index contributed by atoms with van der Waals surface area (Å²) in [5.74, 6) is -26.8. The van der Waals surface area contributed by atoms with Crippen molar-refractivity contribution in [1.82, 2.24) is 63.8 Å². The van der Waals surface area contributed by atoms with Gasteiger partial charge in [0.2, 0.25) is 70.9 Å². The van der Waals surface area contributed by atoms with Crippen LogP contribution >= 0.6 is 0 Å². The van der Waals surface area contributed by atoms with Gasteiger partial charge in [-0.15, -0.1) is 0 Å². The largest absolute Gasteiger partial charge is 0.508 e. The topological polar surface area (TPSA) is 693 Å². The number of nitrogens with two attached hydrogens (primary N) is 1. The molecule has 131 heavy (non-hydrogen) atoms. The van der Waals surface area contributed by atoms with Gasteiger partial charge in [-0.3, -0.25) is 62.3 Å². The monoisotopic (exact) mass is 1810 g/mol. The van der Waals surface area contributed by atoms with Crippen molar-refractivity contribution in [3.63, 3.8) is 0 Å². The lowest BCUT2D eigenvalue weighted by atomic mass is 9.98. The zero-order chi connectivity index (χ0) is 96.1. The average Bonchev–Trinajstić information content (AvgIpc) is 0.805. The van der Waals surface area contributed by atoms with Gasteiger partial charge in [-0.25, -0.2) is 4.79 Å². The molecule has 13 atom stereocenters. The Morgan fingerprint density at radius 1 is 0.252 bits per heavy atom. The quantitative estimate of drug-likeness (QED) is 0.0263. The molecule has 41 nitrogen and oxygen atoms in total. The molecular weight excluding hydrogens is 1710 g/mol. The van der Waals surface area contributed by atoms with Crippen LogP contribution < -0.4 is 69.5 Å². The number of carbonyl (C=O) groups is 14.